The predicted molar refractivity (Wildman–Crippen MR) is 94.4 cm³/mol. The van der Waals surface area contributed by atoms with Crippen molar-refractivity contribution in [3.8, 4) is 0 Å². The normalized spacial score (nSPS) is 23.0. The average Bonchev–Trinajstić information content (AvgIpc) is 3.21. The largest absolute Gasteiger partial charge is 0.378 e. The van der Waals surface area contributed by atoms with Gasteiger partial charge in [0, 0.05) is 44.2 Å². The van der Waals surface area contributed by atoms with E-state index in [4.69, 9.17) is 4.74 Å². The number of ether oxygens (including phenoxy) is 1. The van der Waals surface area contributed by atoms with Crippen LogP contribution >= 0.6 is 11.3 Å². The summed E-state index contributed by atoms with van der Waals surface area (Å²) in [6, 6.07) is 2.22. The first-order chi connectivity index (χ1) is 11.3. The molecule has 124 valence electrons. The highest BCUT2D eigenvalue weighted by atomic mass is 32.1. The van der Waals surface area contributed by atoms with E-state index in [1.165, 1.54) is 29.5 Å². The molecule has 2 aliphatic rings. The number of thiophene rings is 1. The summed E-state index contributed by atoms with van der Waals surface area (Å²) in [4.78, 5) is 16.4. The molecule has 2 saturated heterocycles. The van der Waals surface area contributed by atoms with Crippen LogP contribution in [0.15, 0.2) is 12.4 Å². The van der Waals surface area contributed by atoms with Crippen LogP contribution < -0.4 is 4.90 Å². The van der Waals surface area contributed by atoms with Crippen LogP contribution in [0.5, 0.6) is 0 Å². The van der Waals surface area contributed by atoms with Crippen molar-refractivity contribution in [2.45, 2.75) is 32.3 Å². The summed E-state index contributed by atoms with van der Waals surface area (Å²) in [5.41, 5.74) is 0. The Labute approximate surface area is 141 Å². The summed E-state index contributed by atoms with van der Waals surface area (Å²) < 4.78 is 5.73. The Kier molecular flexibility index (Phi) is 4.46. The topological polar surface area (TPSA) is 41.5 Å². The van der Waals surface area contributed by atoms with Crippen molar-refractivity contribution in [3.63, 3.8) is 0 Å². The number of piperazine rings is 1. The molecule has 2 aromatic rings. The fourth-order valence-electron chi connectivity index (χ4n) is 3.60. The van der Waals surface area contributed by atoms with E-state index in [2.05, 4.69) is 32.8 Å². The van der Waals surface area contributed by atoms with Crippen molar-refractivity contribution in [1.82, 2.24) is 14.9 Å². The molecule has 1 atom stereocenters. The summed E-state index contributed by atoms with van der Waals surface area (Å²) >= 11 is 1.75. The number of aromatic nitrogens is 2. The lowest BCUT2D eigenvalue weighted by atomic mass is 10.1. The van der Waals surface area contributed by atoms with Crippen molar-refractivity contribution < 1.29 is 4.74 Å². The number of hydrogen-bond donors (Lipinski definition) is 0. The van der Waals surface area contributed by atoms with Gasteiger partial charge in [-0.2, -0.15) is 0 Å². The molecule has 2 aromatic heterocycles. The fourth-order valence-corrected chi connectivity index (χ4v) is 4.44. The van der Waals surface area contributed by atoms with E-state index in [1.807, 2.05) is 0 Å². The number of aryl methyl sites for hydroxylation is 1. The van der Waals surface area contributed by atoms with Crippen molar-refractivity contribution in [2.24, 2.45) is 0 Å². The van der Waals surface area contributed by atoms with E-state index in [1.54, 1.807) is 17.7 Å². The fraction of sp³-hybridized carbons (Fsp3) is 0.647. The first-order valence-corrected chi connectivity index (χ1v) is 9.41. The maximum absolute atomic E-state index is 5.73. The van der Waals surface area contributed by atoms with Crippen LogP contribution in [0.1, 0.15) is 24.1 Å². The second kappa shape index (κ2) is 6.71. The monoisotopic (exact) mass is 332 g/mol. The Hall–Kier alpha value is -1.24. The van der Waals surface area contributed by atoms with E-state index >= 15 is 0 Å². The van der Waals surface area contributed by atoms with Gasteiger partial charge >= 0.3 is 0 Å². The molecule has 0 saturated carbocycles. The quantitative estimate of drug-likeness (QED) is 0.861. The third kappa shape index (κ3) is 3.34. The van der Waals surface area contributed by atoms with Crippen LogP contribution in [0.4, 0.5) is 5.82 Å². The molecule has 0 N–H and O–H groups in total. The minimum absolute atomic E-state index is 0.503. The number of anilines is 1. The summed E-state index contributed by atoms with van der Waals surface area (Å²) in [6.45, 7) is 8.58. The Morgan fingerprint density at radius 3 is 2.91 bits per heavy atom. The van der Waals surface area contributed by atoms with Gasteiger partial charge in [-0.3, -0.25) is 4.90 Å². The molecule has 0 spiro atoms. The second-order valence-electron chi connectivity index (χ2n) is 6.53. The van der Waals surface area contributed by atoms with Crippen LogP contribution in [0.25, 0.3) is 10.2 Å². The van der Waals surface area contributed by atoms with Gasteiger partial charge in [-0.1, -0.05) is 0 Å². The lowest BCUT2D eigenvalue weighted by Gasteiger charge is -2.35. The molecule has 0 amide bonds. The first kappa shape index (κ1) is 15.3. The molecule has 0 aliphatic carbocycles. The summed E-state index contributed by atoms with van der Waals surface area (Å²) in [7, 11) is 0. The molecule has 4 heterocycles. The maximum Gasteiger partial charge on any atom is 0.140 e. The van der Waals surface area contributed by atoms with E-state index in [0.717, 1.165) is 50.0 Å². The van der Waals surface area contributed by atoms with Crippen molar-refractivity contribution in [1.29, 1.82) is 0 Å². The second-order valence-corrected chi connectivity index (χ2v) is 7.76. The molecular weight excluding hydrogens is 308 g/mol. The van der Waals surface area contributed by atoms with Gasteiger partial charge in [0.25, 0.3) is 0 Å². The zero-order chi connectivity index (χ0) is 15.6. The third-order valence-corrected chi connectivity index (χ3v) is 5.85. The van der Waals surface area contributed by atoms with E-state index in [0.29, 0.717) is 6.10 Å². The van der Waals surface area contributed by atoms with Crippen molar-refractivity contribution >= 4 is 27.4 Å². The van der Waals surface area contributed by atoms with Gasteiger partial charge in [0.1, 0.15) is 17.0 Å². The van der Waals surface area contributed by atoms with Gasteiger partial charge < -0.3 is 9.64 Å². The molecule has 5 nitrogen and oxygen atoms in total. The van der Waals surface area contributed by atoms with Crippen molar-refractivity contribution in [3.05, 3.63) is 17.3 Å². The Morgan fingerprint density at radius 1 is 1.26 bits per heavy atom. The Balaban J connectivity index is 1.36. The molecule has 4 rings (SSSR count). The van der Waals surface area contributed by atoms with E-state index in [9.17, 15) is 0 Å². The minimum atomic E-state index is 0.503. The predicted octanol–water partition coefficient (Wildman–Crippen LogP) is 2.69. The molecule has 6 heteroatoms. The highest BCUT2D eigenvalue weighted by Crippen LogP contribution is 2.30. The number of hydrogen-bond acceptors (Lipinski definition) is 6. The van der Waals surface area contributed by atoms with Gasteiger partial charge in [0.2, 0.25) is 0 Å². The average molecular weight is 332 g/mol. The smallest absolute Gasteiger partial charge is 0.140 e. The molecule has 2 fully saturated rings. The molecule has 0 bridgehead atoms. The van der Waals surface area contributed by atoms with Gasteiger partial charge in [-0.25, -0.2) is 9.97 Å². The van der Waals surface area contributed by atoms with Gasteiger partial charge in [0.15, 0.2) is 0 Å². The van der Waals surface area contributed by atoms with Gasteiger partial charge in [-0.15, -0.1) is 11.3 Å². The van der Waals surface area contributed by atoms with Gasteiger partial charge in [-0.05, 0) is 32.3 Å². The van der Waals surface area contributed by atoms with E-state index in [-0.39, 0.29) is 0 Å². The molecule has 1 unspecified atom stereocenters. The molecule has 0 radical (unpaired) electrons. The van der Waals surface area contributed by atoms with Crippen molar-refractivity contribution in [2.75, 3.05) is 44.2 Å². The third-order valence-electron chi connectivity index (χ3n) is 4.89. The SMILES string of the molecule is Cc1cc2c(N3CCN(CCC4CCCO4)CC3)ncnc2s1. The van der Waals surface area contributed by atoms with E-state index < -0.39 is 0 Å². The highest BCUT2D eigenvalue weighted by Gasteiger charge is 2.22. The summed E-state index contributed by atoms with van der Waals surface area (Å²) in [5.74, 6) is 1.11. The number of fused-ring (bicyclic) bond motifs is 1. The number of nitrogens with zero attached hydrogens (tertiary/aromatic N) is 4. The zero-order valence-electron chi connectivity index (χ0n) is 13.7. The molecule has 23 heavy (non-hydrogen) atoms. The standard InChI is InChI=1S/C17H24N4OS/c1-13-11-15-16(18-12-19-17(15)23-13)21-8-6-20(7-9-21)5-4-14-3-2-10-22-14/h11-12,14H,2-10H2,1H3. The van der Waals surface area contributed by atoms with Crippen LogP contribution in [0, 0.1) is 6.92 Å². The lowest BCUT2D eigenvalue weighted by molar-refractivity contribution is 0.0911. The van der Waals surface area contributed by atoms with Crippen LogP contribution in [-0.2, 0) is 4.74 Å². The highest BCUT2D eigenvalue weighted by molar-refractivity contribution is 7.18. The molecule has 0 aromatic carbocycles. The Morgan fingerprint density at radius 2 is 2.13 bits per heavy atom. The molecule has 2 aliphatic heterocycles. The Bertz CT molecular complexity index is 660. The van der Waals surface area contributed by atoms with Crippen LogP contribution in [0.2, 0.25) is 0 Å². The summed E-state index contributed by atoms with van der Waals surface area (Å²) in [5, 5.41) is 1.21. The van der Waals surface area contributed by atoms with Gasteiger partial charge in [0.05, 0.1) is 11.5 Å². The summed E-state index contributed by atoms with van der Waals surface area (Å²) in [6.07, 6.45) is 5.88. The van der Waals surface area contributed by atoms with Crippen LogP contribution in [0.3, 0.4) is 0 Å². The zero-order valence-corrected chi connectivity index (χ0v) is 14.5. The maximum atomic E-state index is 5.73. The molecular formula is C17H24N4OS. The minimum Gasteiger partial charge on any atom is -0.378 e. The first-order valence-electron chi connectivity index (χ1n) is 8.59. The van der Waals surface area contributed by atoms with Crippen LogP contribution in [-0.4, -0.2) is 60.3 Å². The lowest BCUT2D eigenvalue weighted by Crippen LogP contribution is -2.47. The number of rotatable bonds is 4.